The van der Waals surface area contributed by atoms with Crippen LogP contribution in [0.1, 0.15) is 32.3 Å². The van der Waals surface area contributed by atoms with Crippen LogP contribution in [0.4, 0.5) is 10.1 Å². The summed E-state index contributed by atoms with van der Waals surface area (Å²) in [6, 6.07) is 11.1. The van der Waals surface area contributed by atoms with Crippen LogP contribution in [0, 0.1) is 5.82 Å². The van der Waals surface area contributed by atoms with Gasteiger partial charge in [0.2, 0.25) is 0 Å². The fraction of sp³-hybridized carbons (Fsp3) is 0.455. The molecule has 0 amide bonds. The van der Waals surface area contributed by atoms with Crippen molar-refractivity contribution in [3.05, 3.63) is 47.8 Å². The standard InChI is InChI=1S/C22H29FN2O/c1-5-24-10-12-25(13-11-24)19-14-20(16(2)3)22(26-4)21(15-19)17-6-8-18(23)9-7-17/h6-9,14-16H,5,10-13H2,1-4H3. The van der Waals surface area contributed by atoms with Crippen molar-refractivity contribution >= 4 is 5.69 Å². The van der Waals surface area contributed by atoms with Crippen molar-refractivity contribution in [1.82, 2.24) is 4.90 Å². The van der Waals surface area contributed by atoms with Gasteiger partial charge in [-0.3, -0.25) is 0 Å². The maximum atomic E-state index is 13.4. The zero-order valence-corrected chi connectivity index (χ0v) is 16.3. The van der Waals surface area contributed by atoms with Crippen molar-refractivity contribution in [3.63, 3.8) is 0 Å². The van der Waals surface area contributed by atoms with Gasteiger partial charge in [0.1, 0.15) is 11.6 Å². The SMILES string of the molecule is CCN1CCN(c2cc(-c3ccc(F)cc3)c(OC)c(C(C)C)c2)CC1. The van der Waals surface area contributed by atoms with Crippen molar-refractivity contribution < 1.29 is 9.13 Å². The molecule has 2 aromatic carbocycles. The molecule has 0 saturated carbocycles. The summed E-state index contributed by atoms with van der Waals surface area (Å²) < 4.78 is 19.2. The lowest BCUT2D eigenvalue weighted by atomic mass is 9.94. The number of piperazine rings is 1. The Morgan fingerprint density at radius 2 is 1.69 bits per heavy atom. The zero-order valence-electron chi connectivity index (χ0n) is 16.3. The number of rotatable bonds is 5. The first-order valence-corrected chi connectivity index (χ1v) is 9.48. The molecular formula is C22H29FN2O. The van der Waals surface area contributed by atoms with E-state index in [0.717, 1.165) is 49.6 Å². The molecular weight excluding hydrogens is 327 g/mol. The lowest BCUT2D eigenvalue weighted by Crippen LogP contribution is -2.46. The molecule has 0 aliphatic carbocycles. The van der Waals surface area contributed by atoms with E-state index in [1.807, 2.05) is 12.1 Å². The summed E-state index contributed by atoms with van der Waals surface area (Å²) in [6.07, 6.45) is 0. The summed E-state index contributed by atoms with van der Waals surface area (Å²) in [5.74, 6) is 1.02. The quantitative estimate of drug-likeness (QED) is 0.768. The molecule has 1 heterocycles. The molecule has 0 spiro atoms. The number of halogens is 1. The summed E-state index contributed by atoms with van der Waals surface area (Å²) in [7, 11) is 1.72. The summed E-state index contributed by atoms with van der Waals surface area (Å²) in [5, 5.41) is 0. The molecule has 1 aliphatic rings. The molecule has 0 N–H and O–H groups in total. The van der Waals surface area contributed by atoms with Crippen molar-refractivity contribution in [1.29, 1.82) is 0 Å². The van der Waals surface area contributed by atoms with Crippen molar-refractivity contribution in [2.24, 2.45) is 0 Å². The number of nitrogens with zero attached hydrogens (tertiary/aromatic N) is 2. The minimum atomic E-state index is -0.219. The van der Waals surface area contributed by atoms with Crippen LogP contribution in [0.5, 0.6) is 5.75 Å². The van der Waals surface area contributed by atoms with Crippen LogP contribution in [-0.2, 0) is 0 Å². The van der Waals surface area contributed by atoms with Gasteiger partial charge in [0.05, 0.1) is 7.11 Å². The van der Waals surface area contributed by atoms with Crippen LogP contribution in [0.3, 0.4) is 0 Å². The molecule has 0 bridgehead atoms. The minimum absolute atomic E-state index is 0.219. The molecule has 0 unspecified atom stereocenters. The number of methoxy groups -OCH3 is 1. The fourth-order valence-corrected chi connectivity index (χ4v) is 3.64. The molecule has 1 fully saturated rings. The topological polar surface area (TPSA) is 15.7 Å². The fourth-order valence-electron chi connectivity index (χ4n) is 3.64. The predicted octanol–water partition coefficient (Wildman–Crippen LogP) is 4.77. The van der Waals surface area contributed by atoms with Gasteiger partial charge in [0.15, 0.2) is 0 Å². The average molecular weight is 356 g/mol. The lowest BCUT2D eigenvalue weighted by Gasteiger charge is -2.36. The Kier molecular flexibility index (Phi) is 5.82. The Bertz CT molecular complexity index is 735. The highest BCUT2D eigenvalue weighted by Gasteiger charge is 2.21. The Labute approximate surface area is 156 Å². The first-order valence-electron chi connectivity index (χ1n) is 9.48. The van der Waals surface area contributed by atoms with Crippen LogP contribution in [0.25, 0.3) is 11.1 Å². The number of ether oxygens (including phenoxy) is 1. The van der Waals surface area contributed by atoms with Crippen molar-refractivity contribution in [2.75, 3.05) is 44.7 Å². The van der Waals surface area contributed by atoms with Gasteiger partial charge in [-0.2, -0.15) is 0 Å². The molecule has 1 saturated heterocycles. The van der Waals surface area contributed by atoms with Crippen molar-refractivity contribution in [3.8, 4) is 16.9 Å². The summed E-state index contributed by atoms with van der Waals surface area (Å²) in [6.45, 7) is 11.9. The Balaban J connectivity index is 2.04. The van der Waals surface area contributed by atoms with Gasteiger partial charge in [0.25, 0.3) is 0 Å². The summed E-state index contributed by atoms with van der Waals surface area (Å²) in [5.41, 5.74) is 4.44. The van der Waals surface area contributed by atoms with E-state index in [1.54, 1.807) is 7.11 Å². The van der Waals surface area contributed by atoms with E-state index in [2.05, 4.69) is 42.7 Å². The first kappa shape index (κ1) is 18.7. The normalized spacial score (nSPS) is 15.5. The van der Waals surface area contributed by atoms with Crippen molar-refractivity contribution in [2.45, 2.75) is 26.7 Å². The highest BCUT2D eigenvalue weighted by atomic mass is 19.1. The third kappa shape index (κ3) is 3.85. The molecule has 26 heavy (non-hydrogen) atoms. The predicted molar refractivity (Wildman–Crippen MR) is 107 cm³/mol. The van der Waals surface area contributed by atoms with E-state index in [-0.39, 0.29) is 5.82 Å². The van der Waals surface area contributed by atoms with Gasteiger partial charge in [-0.05, 0) is 47.9 Å². The average Bonchev–Trinajstić information content (AvgIpc) is 2.67. The van der Waals surface area contributed by atoms with Crippen LogP contribution in [0.2, 0.25) is 0 Å². The molecule has 1 aliphatic heterocycles. The number of hydrogen-bond acceptors (Lipinski definition) is 3. The van der Waals surface area contributed by atoms with Crippen LogP contribution < -0.4 is 9.64 Å². The molecule has 0 aromatic heterocycles. The Hall–Kier alpha value is -2.07. The number of anilines is 1. The lowest BCUT2D eigenvalue weighted by molar-refractivity contribution is 0.271. The van der Waals surface area contributed by atoms with Gasteiger partial charge < -0.3 is 14.5 Å². The van der Waals surface area contributed by atoms with Gasteiger partial charge >= 0.3 is 0 Å². The maximum Gasteiger partial charge on any atom is 0.130 e. The maximum absolute atomic E-state index is 13.4. The highest BCUT2D eigenvalue weighted by Crippen LogP contribution is 2.40. The summed E-state index contributed by atoms with van der Waals surface area (Å²) in [4.78, 5) is 4.93. The van der Waals surface area contributed by atoms with E-state index >= 15 is 0 Å². The zero-order chi connectivity index (χ0) is 18.7. The third-order valence-electron chi connectivity index (χ3n) is 5.27. The Morgan fingerprint density at radius 3 is 2.23 bits per heavy atom. The molecule has 140 valence electrons. The van der Waals surface area contributed by atoms with Crippen LogP contribution >= 0.6 is 0 Å². The van der Waals surface area contributed by atoms with Gasteiger partial charge in [0, 0.05) is 37.4 Å². The molecule has 0 radical (unpaired) electrons. The summed E-state index contributed by atoms with van der Waals surface area (Å²) >= 11 is 0. The highest BCUT2D eigenvalue weighted by molar-refractivity contribution is 5.77. The monoisotopic (exact) mass is 356 g/mol. The number of hydrogen-bond donors (Lipinski definition) is 0. The molecule has 4 heteroatoms. The van der Waals surface area contributed by atoms with Crippen LogP contribution in [-0.4, -0.2) is 44.7 Å². The van der Waals surface area contributed by atoms with Gasteiger partial charge in [-0.15, -0.1) is 0 Å². The third-order valence-corrected chi connectivity index (χ3v) is 5.27. The van der Waals surface area contributed by atoms with Gasteiger partial charge in [-0.25, -0.2) is 4.39 Å². The second kappa shape index (κ2) is 8.09. The number of likely N-dealkylation sites (N-methyl/N-ethyl adjacent to an activating group) is 1. The second-order valence-corrected chi connectivity index (χ2v) is 7.20. The first-order chi connectivity index (χ1) is 12.5. The van der Waals surface area contributed by atoms with E-state index in [9.17, 15) is 4.39 Å². The molecule has 3 rings (SSSR count). The molecule has 0 atom stereocenters. The van der Waals surface area contributed by atoms with Crippen LogP contribution in [0.15, 0.2) is 36.4 Å². The van der Waals surface area contributed by atoms with E-state index < -0.39 is 0 Å². The van der Waals surface area contributed by atoms with E-state index in [4.69, 9.17) is 4.74 Å². The van der Waals surface area contributed by atoms with E-state index in [0.29, 0.717) is 5.92 Å². The smallest absolute Gasteiger partial charge is 0.130 e. The Morgan fingerprint density at radius 1 is 1.04 bits per heavy atom. The van der Waals surface area contributed by atoms with E-state index in [1.165, 1.54) is 23.4 Å². The number of benzene rings is 2. The molecule has 2 aromatic rings. The molecule has 3 nitrogen and oxygen atoms in total. The minimum Gasteiger partial charge on any atom is -0.496 e. The van der Waals surface area contributed by atoms with Gasteiger partial charge in [-0.1, -0.05) is 32.9 Å². The largest absolute Gasteiger partial charge is 0.496 e. The second-order valence-electron chi connectivity index (χ2n) is 7.20.